The van der Waals surface area contributed by atoms with E-state index in [1.54, 1.807) is 11.3 Å². The average Bonchev–Trinajstić information content (AvgIpc) is 3.03. The van der Waals surface area contributed by atoms with Crippen molar-refractivity contribution in [2.75, 3.05) is 6.54 Å². The summed E-state index contributed by atoms with van der Waals surface area (Å²) in [4.78, 5) is 8.12. The van der Waals surface area contributed by atoms with Crippen molar-refractivity contribution >= 4 is 17.3 Å². The number of hydrogen-bond donors (Lipinski definition) is 1. The molecule has 0 saturated carbocycles. The van der Waals surface area contributed by atoms with E-state index < -0.39 is 0 Å². The number of allylic oxidation sites excluding steroid dienone is 2. The van der Waals surface area contributed by atoms with E-state index in [0.717, 1.165) is 19.0 Å². The van der Waals surface area contributed by atoms with Crippen molar-refractivity contribution in [2.45, 2.75) is 31.8 Å². The molecule has 1 aliphatic heterocycles. The fourth-order valence-corrected chi connectivity index (χ4v) is 3.59. The number of guanidine groups is 1. The topological polar surface area (TPSA) is 41.6 Å². The first-order valence-corrected chi connectivity index (χ1v) is 7.46. The van der Waals surface area contributed by atoms with Gasteiger partial charge in [-0.05, 0) is 36.6 Å². The maximum absolute atomic E-state index is 6.06. The Morgan fingerprint density at radius 3 is 3.11 bits per heavy atom. The fourth-order valence-electron chi connectivity index (χ4n) is 2.89. The van der Waals surface area contributed by atoms with E-state index >= 15 is 0 Å². The molecule has 18 heavy (non-hydrogen) atoms. The number of nitrogens with zero attached hydrogens (tertiary/aromatic N) is 2. The molecule has 0 bridgehead atoms. The van der Waals surface area contributed by atoms with Crippen LogP contribution in [0.1, 0.15) is 24.1 Å². The Hall–Kier alpha value is -1.29. The Morgan fingerprint density at radius 1 is 1.44 bits per heavy atom. The second-order valence-electron chi connectivity index (χ2n) is 5.02. The molecule has 0 radical (unpaired) electrons. The van der Waals surface area contributed by atoms with Gasteiger partial charge in [-0.2, -0.15) is 0 Å². The van der Waals surface area contributed by atoms with Crippen LogP contribution in [0.25, 0.3) is 0 Å². The van der Waals surface area contributed by atoms with Crippen LogP contribution >= 0.6 is 11.3 Å². The van der Waals surface area contributed by atoms with Crippen molar-refractivity contribution in [1.82, 2.24) is 4.90 Å². The van der Waals surface area contributed by atoms with Gasteiger partial charge in [0.1, 0.15) is 0 Å². The summed E-state index contributed by atoms with van der Waals surface area (Å²) in [7, 11) is 0. The largest absolute Gasteiger partial charge is 0.370 e. The molecule has 2 atom stereocenters. The Morgan fingerprint density at radius 2 is 2.39 bits per heavy atom. The molecule has 1 aliphatic carbocycles. The summed E-state index contributed by atoms with van der Waals surface area (Å²) < 4.78 is 0. The summed E-state index contributed by atoms with van der Waals surface area (Å²) in [6, 6.07) is 4.77. The summed E-state index contributed by atoms with van der Waals surface area (Å²) in [6.07, 6.45) is 8.25. The minimum atomic E-state index is 0.497. The molecule has 0 spiro atoms. The zero-order valence-corrected chi connectivity index (χ0v) is 11.3. The molecule has 2 N–H and O–H groups in total. The molecule has 2 heterocycles. The molecular weight excluding hydrogens is 242 g/mol. The van der Waals surface area contributed by atoms with Crippen molar-refractivity contribution in [2.24, 2.45) is 16.6 Å². The molecule has 0 saturated heterocycles. The predicted molar refractivity (Wildman–Crippen MR) is 76.6 cm³/mol. The molecule has 2 aliphatic rings. The first-order chi connectivity index (χ1) is 8.84. The van der Waals surface area contributed by atoms with Gasteiger partial charge in [-0.3, -0.25) is 4.99 Å². The van der Waals surface area contributed by atoms with Crippen LogP contribution < -0.4 is 5.73 Å². The third-order valence-electron chi connectivity index (χ3n) is 3.90. The smallest absolute Gasteiger partial charge is 0.191 e. The van der Waals surface area contributed by atoms with Crippen molar-refractivity contribution < 1.29 is 0 Å². The van der Waals surface area contributed by atoms with Crippen LogP contribution in [-0.2, 0) is 6.54 Å². The Labute approximate surface area is 112 Å². The van der Waals surface area contributed by atoms with Crippen LogP contribution in [0.15, 0.2) is 34.7 Å². The summed E-state index contributed by atoms with van der Waals surface area (Å²) >= 11 is 1.79. The third kappa shape index (κ3) is 2.29. The summed E-state index contributed by atoms with van der Waals surface area (Å²) in [5, 5.41) is 2.12. The van der Waals surface area contributed by atoms with Gasteiger partial charge in [-0.25, -0.2) is 0 Å². The summed E-state index contributed by atoms with van der Waals surface area (Å²) in [5.41, 5.74) is 6.06. The number of aliphatic imine (C=N–C) groups is 1. The lowest BCUT2D eigenvalue weighted by Crippen LogP contribution is -2.44. The highest BCUT2D eigenvalue weighted by molar-refractivity contribution is 7.09. The number of rotatable bonds is 3. The maximum Gasteiger partial charge on any atom is 0.191 e. The van der Waals surface area contributed by atoms with Crippen LogP contribution in [0.2, 0.25) is 0 Å². The van der Waals surface area contributed by atoms with E-state index in [1.165, 1.54) is 24.1 Å². The highest BCUT2D eigenvalue weighted by Crippen LogP contribution is 2.29. The second kappa shape index (κ2) is 5.14. The number of thiophene rings is 1. The molecule has 0 amide bonds. The normalized spacial score (nSPS) is 27.6. The highest BCUT2D eigenvalue weighted by Gasteiger charge is 2.32. The standard InChI is InChI=1S/C14H19N3S/c15-14-16-9-13(11-5-2-1-3-6-11)17(14)10-12-7-4-8-18-12/h1-2,4,7-8,11,13H,3,5-6,9-10H2,(H2,15,16). The van der Waals surface area contributed by atoms with Gasteiger partial charge in [-0.15, -0.1) is 11.3 Å². The summed E-state index contributed by atoms with van der Waals surface area (Å²) in [6.45, 7) is 1.79. The molecule has 0 aromatic carbocycles. The highest BCUT2D eigenvalue weighted by atomic mass is 32.1. The van der Waals surface area contributed by atoms with Crippen molar-refractivity contribution in [3.05, 3.63) is 34.5 Å². The SMILES string of the molecule is NC1=NCC(C2CC=CCC2)N1Cc1cccs1. The lowest BCUT2D eigenvalue weighted by Gasteiger charge is -2.33. The van der Waals surface area contributed by atoms with Crippen LogP contribution in [0.3, 0.4) is 0 Å². The molecule has 2 unspecified atom stereocenters. The first kappa shape index (κ1) is 11.8. The molecular formula is C14H19N3S. The van der Waals surface area contributed by atoms with Gasteiger partial charge in [-0.1, -0.05) is 18.2 Å². The van der Waals surface area contributed by atoms with Crippen molar-refractivity contribution in [3.63, 3.8) is 0 Å². The van der Waals surface area contributed by atoms with Gasteiger partial charge in [0.2, 0.25) is 0 Å². The van der Waals surface area contributed by atoms with E-state index in [0.29, 0.717) is 12.0 Å². The van der Waals surface area contributed by atoms with Gasteiger partial charge in [0, 0.05) is 4.88 Å². The Kier molecular flexibility index (Phi) is 3.37. The Balaban J connectivity index is 1.72. The average molecular weight is 261 g/mol. The minimum Gasteiger partial charge on any atom is -0.370 e. The molecule has 1 aromatic heterocycles. The van der Waals surface area contributed by atoms with Gasteiger partial charge in [0.15, 0.2) is 5.96 Å². The van der Waals surface area contributed by atoms with E-state index in [9.17, 15) is 0 Å². The first-order valence-electron chi connectivity index (χ1n) is 6.58. The van der Waals surface area contributed by atoms with Gasteiger partial charge in [0.25, 0.3) is 0 Å². The molecule has 0 fully saturated rings. The zero-order valence-electron chi connectivity index (χ0n) is 10.5. The van der Waals surface area contributed by atoms with Gasteiger partial charge >= 0.3 is 0 Å². The number of nitrogens with two attached hydrogens (primary N) is 1. The fraction of sp³-hybridized carbons (Fsp3) is 0.500. The van der Waals surface area contributed by atoms with E-state index in [2.05, 4.69) is 39.6 Å². The second-order valence-corrected chi connectivity index (χ2v) is 6.05. The lowest BCUT2D eigenvalue weighted by atomic mass is 9.87. The monoisotopic (exact) mass is 261 g/mol. The van der Waals surface area contributed by atoms with Crippen LogP contribution in [0.4, 0.5) is 0 Å². The van der Waals surface area contributed by atoms with Crippen LogP contribution in [0, 0.1) is 5.92 Å². The van der Waals surface area contributed by atoms with E-state index in [-0.39, 0.29) is 0 Å². The van der Waals surface area contributed by atoms with E-state index in [4.69, 9.17) is 5.73 Å². The van der Waals surface area contributed by atoms with Gasteiger partial charge < -0.3 is 10.6 Å². The lowest BCUT2D eigenvalue weighted by molar-refractivity contribution is 0.232. The third-order valence-corrected chi connectivity index (χ3v) is 4.76. The molecule has 96 valence electrons. The van der Waals surface area contributed by atoms with Crippen LogP contribution in [-0.4, -0.2) is 23.4 Å². The minimum absolute atomic E-state index is 0.497. The summed E-state index contributed by atoms with van der Waals surface area (Å²) in [5.74, 6) is 1.43. The van der Waals surface area contributed by atoms with Crippen molar-refractivity contribution in [1.29, 1.82) is 0 Å². The molecule has 3 rings (SSSR count). The zero-order chi connectivity index (χ0) is 12.4. The molecule has 4 heteroatoms. The quantitative estimate of drug-likeness (QED) is 0.850. The maximum atomic E-state index is 6.06. The van der Waals surface area contributed by atoms with Crippen LogP contribution in [0.5, 0.6) is 0 Å². The number of hydrogen-bond acceptors (Lipinski definition) is 4. The van der Waals surface area contributed by atoms with E-state index in [1.807, 2.05) is 0 Å². The van der Waals surface area contributed by atoms with Crippen molar-refractivity contribution in [3.8, 4) is 0 Å². The predicted octanol–water partition coefficient (Wildman–Crippen LogP) is 2.60. The Bertz CT molecular complexity index is 450. The molecule has 1 aromatic rings. The van der Waals surface area contributed by atoms with Gasteiger partial charge in [0.05, 0.1) is 19.1 Å². The molecule has 3 nitrogen and oxygen atoms in total.